The van der Waals surface area contributed by atoms with Gasteiger partial charge in [-0.25, -0.2) is 0 Å². The maximum atomic E-state index is 12.8. The van der Waals surface area contributed by atoms with Gasteiger partial charge in [0.25, 0.3) is 11.7 Å². The maximum Gasteiger partial charge on any atom is 0.292 e. The monoisotopic (exact) mass is 399 g/mol. The molecular weight excluding hydrogens is 366 g/mol. The summed E-state index contributed by atoms with van der Waals surface area (Å²) in [6.07, 6.45) is 6.06. The van der Waals surface area contributed by atoms with Crippen LogP contribution in [-0.2, 0) is 4.79 Å². The predicted octanol–water partition coefficient (Wildman–Crippen LogP) is 3.01. The van der Waals surface area contributed by atoms with Crippen molar-refractivity contribution in [1.29, 1.82) is 0 Å². The molecule has 158 valence electrons. The minimum Gasteiger partial charge on any atom is -0.396 e. The fourth-order valence-corrected chi connectivity index (χ4v) is 4.22. The number of Topliss-reactive ketones (excluding diaryl/α,β-unsaturated/α-hetero) is 1. The number of aliphatic hydroxyl groups is 1. The number of rotatable bonds is 9. The smallest absolute Gasteiger partial charge is 0.292 e. The zero-order chi connectivity index (χ0) is 20.8. The standard InChI is InChI=1S/C23H33N3O3/c1-17(2)26-16-20(19-7-3-4-8-21(19)26)22(28)23(29)24-11-14-25-12-9-18(10-13-25)6-5-15-27/h3-4,7-8,16-18,27H,5-6,9-15H2,1-2H3,(H,24,29). The Hall–Kier alpha value is -2.18. The van der Waals surface area contributed by atoms with Gasteiger partial charge in [0, 0.05) is 42.8 Å². The summed E-state index contributed by atoms with van der Waals surface area (Å²) in [7, 11) is 0. The zero-order valence-electron chi connectivity index (χ0n) is 17.6. The number of amides is 1. The van der Waals surface area contributed by atoms with Gasteiger partial charge < -0.3 is 19.9 Å². The van der Waals surface area contributed by atoms with E-state index in [1.165, 1.54) is 0 Å². The summed E-state index contributed by atoms with van der Waals surface area (Å²) in [6, 6.07) is 7.93. The first-order chi connectivity index (χ1) is 14.0. The van der Waals surface area contributed by atoms with E-state index in [1.807, 2.05) is 28.8 Å². The fraction of sp³-hybridized carbons (Fsp3) is 0.565. The Balaban J connectivity index is 1.52. The number of hydrogen-bond acceptors (Lipinski definition) is 4. The van der Waals surface area contributed by atoms with Crippen LogP contribution in [0.2, 0.25) is 0 Å². The lowest BCUT2D eigenvalue weighted by molar-refractivity contribution is -0.117. The van der Waals surface area contributed by atoms with Crippen LogP contribution in [0.15, 0.2) is 30.5 Å². The molecule has 0 aliphatic carbocycles. The SMILES string of the molecule is CC(C)n1cc(C(=O)C(=O)NCCN2CCC(CCCO)CC2)c2ccccc21. The number of aliphatic hydroxyl groups excluding tert-OH is 1. The third-order valence-electron chi connectivity index (χ3n) is 5.94. The number of likely N-dealkylation sites (tertiary alicyclic amines) is 1. The lowest BCUT2D eigenvalue weighted by atomic mass is 9.92. The summed E-state index contributed by atoms with van der Waals surface area (Å²) in [4.78, 5) is 27.6. The van der Waals surface area contributed by atoms with Crippen LogP contribution in [0.3, 0.4) is 0 Å². The van der Waals surface area contributed by atoms with Gasteiger partial charge in [-0.15, -0.1) is 0 Å². The number of nitrogens with zero attached hydrogens (tertiary/aromatic N) is 2. The second-order valence-electron chi connectivity index (χ2n) is 8.30. The largest absolute Gasteiger partial charge is 0.396 e. The minimum atomic E-state index is -0.533. The molecule has 2 aromatic rings. The van der Waals surface area contributed by atoms with Crippen LogP contribution in [0.4, 0.5) is 0 Å². The Morgan fingerprint density at radius 2 is 1.93 bits per heavy atom. The second kappa shape index (κ2) is 10.0. The average Bonchev–Trinajstić information content (AvgIpc) is 3.12. The van der Waals surface area contributed by atoms with Crippen LogP contribution in [-0.4, -0.2) is 59.0 Å². The van der Waals surface area contributed by atoms with Gasteiger partial charge in [0.1, 0.15) is 0 Å². The molecular formula is C23H33N3O3. The lowest BCUT2D eigenvalue weighted by Gasteiger charge is -2.31. The Labute approximate surface area is 172 Å². The van der Waals surface area contributed by atoms with Gasteiger partial charge in [0.05, 0.1) is 5.56 Å². The van der Waals surface area contributed by atoms with E-state index in [4.69, 9.17) is 5.11 Å². The quantitative estimate of drug-likeness (QED) is 0.502. The van der Waals surface area contributed by atoms with E-state index in [0.29, 0.717) is 18.0 Å². The van der Waals surface area contributed by atoms with Gasteiger partial charge in [-0.3, -0.25) is 9.59 Å². The number of hydrogen-bond donors (Lipinski definition) is 2. The summed E-state index contributed by atoms with van der Waals surface area (Å²) in [5.74, 6) is -0.300. The zero-order valence-corrected chi connectivity index (χ0v) is 17.6. The van der Waals surface area contributed by atoms with Gasteiger partial charge in [-0.2, -0.15) is 0 Å². The first-order valence-electron chi connectivity index (χ1n) is 10.8. The summed E-state index contributed by atoms with van der Waals surface area (Å²) in [5.41, 5.74) is 1.44. The topological polar surface area (TPSA) is 74.6 Å². The van der Waals surface area contributed by atoms with E-state index in [9.17, 15) is 9.59 Å². The van der Waals surface area contributed by atoms with E-state index < -0.39 is 11.7 Å². The van der Waals surface area contributed by atoms with Crippen molar-refractivity contribution >= 4 is 22.6 Å². The molecule has 29 heavy (non-hydrogen) atoms. The highest BCUT2D eigenvalue weighted by Gasteiger charge is 2.23. The molecule has 1 fully saturated rings. The van der Waals surface area contributed by atoms with Crippen molar-refractivity contribution in [2.45, 2.75) is 45.6 Å². The average molecular weight is 400 g/mol. The normalized spacial score (nSPS) is 15.9. The number of para-hydroxylation sites is 1. The molecule has 1 aromatic heterocycles. The molecule has 1 aromatic carbocycles. The van der Waals surface area contributed by atoms with Crippen molar-refractivity contribution in [3.8, 4) is 0 Å². The molecule has 0 radical (unpaired) electrons. The molecule has 6 nitrogen and oxygen atoms in total. The molecule has 6 heteroatoms. The number of benzene rings is 1. The van der Waals surface area contributed by atoms with Crippen molar-refractivity contribution < 1.29 is 14.7 Å². The van der Waals surface area contributed by atoms with Gasteiger partial charge in [-0.05, 0) is 64.6 Å². The molecule has 0 saturated carbocycles. The number of carbonyl (C=O) groups is 2. The highest BCUT2D eigenvalue weighted by atomic mass is 16.3. The van der Waals surface area contributed by atoms with Gasteiger partial charge in [0.2, 0.25) is 0 Å². The highest BCUT2D eigenvalue weighted by Crippen LogP contribution is 2.25. The number of ketones is 1. The highest BCUT2D eigenvalue weighted by molar-refractivity contribution is 6.45. The molecule has 0 spiro atoms. The Bertz CT molecular complexity index is 835. The molecule has 0 unspecified atom stereocenters. The molecule has 2 N–H and O–H groups in total. The molecule has 0 bridgehead atoms. The molecule has 1 aliphatic rings. The molecule has 0 atom stereocenters. The summed E-state index contributed by atoms with van der Waals surface area (Å²) >= 11 is 0. The van der Waals surface area contributed by atoms with Crippen molar-refractivity contribution in [1.82, 2.24) is 14.8 Å². The van der Waals surface area contributed by atoms with Crippen molar-refractivity contribution in [2.75, 3.05) is 32.8 Å². The molecule has 1 saturated heterocycles. The van der Waals surface area contributed by atoms with Gasteiger partial charge >= 0.3 is 0 Å². The summed E-state index contributed by atoms with van der Waals surface area (Å²) in [6.45, 7) is 7.68. The first-order valence-corrected chi connectivity index (χ1v) is 10.8. The Kier molecular flexibility index (Phi) is 7.45. The third kappa shape index (κ3) is 5.25. The predicted molar refractivity (Wildman–Crippen MR) is 115 cm³/mol. The molecule has 1 aliphatic heterocycles. The number of aromatic nitrogens is 1. The van der Waals surface area contributed by atoms with E-state index in [-0.39, 0.29) is 12.6 Å². The van der Waals surface area contributed by atoms with E-state index in [2.05, 4.69) is 24.1 Å². The summed E-state index contributed by atoms with van der Waals surface area (Å²) < 4.78 is 2.04. The summed E-state index contributed by atoms with van der Waals surface area (Å²) in [5, 5.41) is 12.6. The van der Waals surface area contributed by atoms with Crippen LogP contribution in [0.1, 0.15) is 55.9 Å². The second-order valence-corrected chi connectivity index (χ2v) is 8.30. The fourth-order valence-electron chi connectivity index (χ4n) is 4.22. The van der Waals surface area contributed by atoms with Crippen LogP contribution in [0, 0.1) is 5.92 Å². The van der Waals surface area contributed by atoms with Gasteiger partial charge in [0.15, 0.2) is 0 Å². The first kappa shape index (κ1) is 21.5. The third-order valence-corrected chi connectivity index (χ3v) is 5.94. The van der Waals surface area contributed by atoms with Crippen LogP contribution in [0.5, 0.6) is 0 Å². The maximum absolute atomic E-state index is 12.8. The Morgan fingerprint density at radius 1 is 1.21 bits per heavy atom. The number of fused-ring (bicyclic) bond motifs is 1. The van der Waals surface area contributed by atoms with E-state index in [1.54, 1.807) is 6.20 Å². The van der Waals surface area contributed by atoms with Crippen LogP contribution < -0.4 is 5.32 Å². The molecule has 3 rings (SSSR count). The van der Waals surface area contributed by atoms with Crippen molar-refractivity contribution in [2.24, 2.45) is 5.92 Å². The van der Waals surface area contributed by atoms with Gasteiger partial charge in [-0.1, -0.05) is 18.2 Å². The van der Waals surface area contributed by atoms with Crippen LogP contribution >= 0.6 is 0 Å². The number of nitrogens with one attached hydrogen (secondary N) is 1. The minimum absolute atomic E-state index is 0.213. The number of piperidine rings is 1. The number of carbonyl (C=O) groups excluding carboxylic acids is 2. The van der Waals surface area contributed by atoms with Crippen molar-refractivity contribution in [3.63, 3.8) is 0 Å². The Morgan fingerprint density at radius 3 is 2.62 bits per heavy atom. The van der Waals surface area contributed by atoms with E-state index >= 15 is 0 Å². The molecule has 2 heterocycles. The van der Waals surface area contributed by atoms with Crippen LogP contribution in [0.25, 0.3) is 10.9 Å². The lowest BCUT2D eigenvalue weighted by Crippen LogP contribution is -2.41. The molecule has 1 amide bonds. The van der Waals surface area contributed by atoms with E-state index in [0.717, 1.165) is 56.2 Å². The van der Waals surface area contributed by atoms with Crippen molar-refractivity contribution in [3.05, 3.63) is 36.0 Å².